The monoisotopic (exact) mass is 288 g/mol. The SMILES string of the molecule is Cn1cnnc1CNC(=O)c1ccc(F)cc1C#CCO. The van der Waals surface area contributed by atoms with Crippen LogP contribution < -0.4 is 5.32 Å². The number of nitrogens with zero attached hydrogens (tertiary/aromatic N) is 3. The first-order valence-corrected chi connectivity index (χ1v) is 6.12. The molecule has 1 amide bonds. The molecule has 0 aliphatic heterocycles. The summed E-state index contributed by atoms with van der Waals surface area (Å²) in [7, 11) is 1.76. The Morgan fingerprint density at radius 1 is 1.52 bits per heavy atom. The van der Waals surface area contributed by atoms with Crippen LogP contribution in [0.3, 0.4) is 0 Å². The molecular formula is C14H13FN4O2. The van der Waals surface area contributed by atoms with Gasteiger partial charge in [-0.15, -0.1) is 10.2 Å². The van der Waals surface area contributed by atoms with Gasteiger partial charge in [-0.25, -0.2) is 4.39 Å². The first-order chi connectivity index (χ1) is 10.1. The van der Waals surface area contributed by atoms with Gasteiger partial charge in [0.2, 0.25) is 0 Å². The van der Waals surface area contributed by atoms with Gasteiger partial charge >= 0.3 is 0 Å². The third kappa shape index (κ3) is 3.64. The van der Waals surface area contributed by atoms with Crippen molar-refractivity contribution in [3.05, 3.63) is 47.3 Å². The Hall–Kier alpha value is -2.72. The molecule has 0 aliphatic rings. The van der Waals surface area contributed by atoms with Crippen LogP contribution in [-0.4, -0.2) is 32.4 Å². The Morgan fingerprint density at radius 2 is 2.33 bits per heavy atom. The zero-order valence-corrected chi connectivity index (χ0v) is 11.3. The second-order valence-corrected chi connectivity index (χ2v) is 4.19. The lowest BCUT2D eigenvalue weighted by Gasteiger charge is -2.07. The Balaban J connectivity index is 2.17. The van der Waals surface area contributed by atoms with Gasteiger partial charge < -0.3 is 15.0 Å². The number of aromatic nitrogens is 3. The molecule has 0 unspecified atom stereocenters. The number of carbonyl (C=O) groups is 1. The van der Waals surface area contributed by atoms with E-state index in [4.69, 9.17) is 5.11 Å². The van der Waals surface area contributed by atoms with E-state index in [1.165, 1.54) is 18.5 Å². The number of halogens is 1. The van der Waals surface area contributed by atoms with Gasteiger partial charge in [0.15, 0.2) is 5.82 Å². The molecule has 1 heterocycles. The minimum absolute atomic E-state index is 0.194. The van der Waals surface area contributed by atoms with Crippen LogP contribution in [0.2, 0.25) is 0 Å². The molecule has 2 aromatic rings. The summed E-state index contributed by atoms with van der Waals surface area (Å²) in [6, 6.07) is 3.68. The Labute approximate surface area is 120 Å². The maximum Gasteiger partial charge on any atom is 0.252 e. The molecule has 2 rings (SSSR count). The van der Waals surface area contributed by atoms with Crippen LogP contribution in [0.4, 0.5) is 4.39 Å². The van der Waals surface area contributed by atoms with Gasteiger partial charge in [-0.1, -0.05) is 11.8 Å². The van der Waals surface area contributed by atoms with E-state index in [9.17, 15) is 9.18 Å². The largest absolute Gasteiger partial charge is 0.384 e. The van der Waals surface area contributed by atoms with Crippen LogP contribution in [0.1, 0.15) is 21.7 Å². The van der Waals surface area contributed by atoms with Crippen molar-refractivity contribution < 1.29 is 14.3 Å². The Kier molecular flexibility index (Phi) is 4.64. The fourth-order valence-corrected chi connectivity index (χ4v) is 1.67. The smallest absolute Gasteiger partial charge is 0.252 e. The van der Waals surface area contributed by atoms with E-state index in [2.05, 4.69) is 27.4 Å². The number of aryl methyl sites for hydroxylation is 1. The minimum atomic E-state index is -0.498. The highest BCUT2D eigenvalue weighted by Crippen LogP contribution is 2.10. The lowest BCUT2D eigenvalue weighted by Crippen LogP contribution is -2.25. The molecule has 0 spiro atoms. The number of carbonyl (C=O) groups excluding carboxylic acids is 1. The summed E-state index contributed by atoms with van der Waals surface area (Å²) in [6.45, 7) is -0.171. The second kappa shape index (κ2) is 6.63. The van der Waals surface area contributed by atoms with E-state index in [0.29, 0.717) is 5.82 Å². The van der Waals surface area contributed by atoms with Crippen molar-refractivity contribution in [2.45, 2.75) is 6.54 Å². The zero-order valence-electron chi connectivity index (χ0n) is 11.3. The number of benzene rings is 1. The average molecular weight is 288 g/mol. The normalized spacial score (nSPS) is 9.86. The maximum absolute atomic E-state index is 13.2. The van der Waals surface area contributed by atoms with Crippen molar-refractivity contribution in [3.8, 4) is 11.8 Å². The van der Waals surface area contributed by atoms with Gasteiger partial charge in [0.1, 0.15) is 18.8 Å². The van der Waals surface area contributed by atoms with Crippen LogP contribution in [0.25, 0.3) is 0 Å². The first kappa shape index (κ1) is 14.7. The van der Waals surface area contributed by atoms with E-state index in [0.717, 1.165) is 6.07 Å². The van der Waals surface area contributed by atoms with Gasteiger partial charge in [-0.05, 0) is 18.2 Å². The van der Waals surface area contributed by atoms with Gasteiger partial charge in [0.05, 0.1) is 12.1 Å². The molecule has 108 valence electrons. The molecular weight excluding hydrogens is 275 g/mol. The van der Waals surface area contributed by atoms with E-state index in [-0.39, 0.29) is 24.3 Å². The molecule has 0 radical (unpaired) electrons. The summed E-state index contributed by atoms with van der Waals surface area (Å²) in [6.07, 6.45) is 1.53. The number of amides is 1. The highest BCUT2D eigenvalue weighted by atomic mass is 19.1. The van der Waals surface area contributed by atoms with Gasteiger partial charge in [-0.2, -0.15) is 0 Å². The molecule has 1 aromatic carbocycles. The molecule has 0 aliphatic carbocycles. The molecule has 0 saturated heterocycles. The molecule has 21 heavy (non-hydrogen) atoms. The topological polar surface area (TPSA) is 80.0 Å². The first-order valence-electron chi connectivity index (χ1n) is 6.12. The van der Waals surface area contributed by atoms with E-state index >= 15 is 0 Å². The van der Waals surface area contributed by atoms with Gasteiger partial charge in [-0.3, -0.25) is 4.79 Å². The third-order valence-corrected chi connectivity index (χ3v) is 2.74. The second-order valence-electron chi connectivity index (χ2n) is 4.19. The number of aliphatic hydroxyl groups is 1. The van der Waals surface area contributed by atoms with Crippen molar-refractivity contribution in [1.82, 2.24) is 20.1 Å². The predicted molar refractivity (Wildman–Crippen MR) is 72.5 cm³/mol. The van der Waals surface area contributed by atoms with Crippen LogP contribution in [0.5, 0.6) is 0 Å². The van der Waals surface area contributed by atoms with Crippen LogP contribution >= 0.6 is 0 Å². The molecule has 0 bridgehead atoms. The Bertz CT molecular complexity index is 715. The van der Waals surface area contributed by atoms with Crippen molar-refractivity contribution in [2.75, 3.05) is 6.61 Å². The molecule has 2 N–H and O–H groups in total. The quantitative estimate of drug-likeness (QED) is 0.792. The third-order valence-electron chi connectivity index (χ3n) is 2.74. The Morgan fingerprint density at radius 3 is 3.00 bits per heavy atom. The van der Waals surface area contributed by atoms with Crippen molar-refractivity contribution >= 4 is 5.91 Å². The fourth-order valence-electron chi connectivity index (χ4n) is 1.67. The highest BCUT2D eigenvalue weighted by Gasteiger charge is 2.12. The molecule has 1 aromatic heterocycles. The lowest BCUT2D eigenvalue weighted by atomic mass is 10.1. The summed E-state index contributed by atoms with van der Waals surface area (Å²) >= 11 is 0. The zero-order chi connectivity index (χ0) is 15.2. The van der Waals surface area contributed by atoms with Crippen molar-refractivity contribution in [1.29, 1.82) is 0 Å². The fraction of sp³-hybridized carbons (Fsp3) is 0.214. The van der Waals surface area contributed by atoms with Gasteiger partial charge in [0, 0.05) is 12.6 Å². The number of aliphatic hydroxyl groups excluding tert-OH is 1. The van der Waals surface area contributed by atoms with E-state index in [1.54, 1.807) is 11.6 Å². The summed E-state index contributed by atoms with van der Waals surface area (Å²) in [5.74, 6) is 4.64. The molecule has 6 nitrogen and oxygen atoms in total. The van der Waals surface area contributed by atoms with E-state index in [1.807, 2.05) is 0 Å². The minimum Gasteiger partial charge on any atom is -0.384 e. The van der Waals surface area contributed by atoms with Gasteiger partial charge in [0.25, 0.3) is 5.91 Å². The number of hydrogen-bond donors (Lipinski definition) is 2. The van der Waals surface area contributed by atoms with Crippen LogP contribution in [0, 0.1) is 17.7 Å². The molecule has 0 saturated carbocycles. The highest BCUT2D eigenvalue weighted by molar-refractivity contribution is 5.96. The molecule has 7 heteroatoms. The summed E-state index contributed by atoms with van der Waals surface area (Å²) in [5, 5.41) is 18.9. The standard InChI is InChI=1S/C14H13FN4O2/c1-19-9-17-18-13(19)8-16-14(21)12-5-4-11(15)7-10(12)3-2-6-20/h4-5,7,9,20H,6,8H2,1H3,(H,16,21). The molecule has 0 fully saturated rings. The average Bonchev–Trinajstić information content (AvgIpc) is 2.88. The maximum atomic E-state index is 13.2. The molecule has 0 atom stereocenters. The summed E-state index contributed by atoms with van der Waals surface area (Å²) in [5.41, 5.74) is 0.457. The van der Waals surface area contributed by atoms with Crippen LogP contribution in [-0.2, 0) is 13.6 Å². The number of rotatable bonds is 3. The van der Waals surface area contributed by atoms with Crippen molar-refractivity contribution in [2.24, 2.45) is 7.05 Å². The lowest BCUT2D eigenvalue weighted by molar-refractivity contribution is 0.0949. The predicted octanol–water partition coefficient (Wildman–Crippen LogP) is 0.228. The summed E-state index contributed by atoms with van der Waals surface area (Å²) in [4.78, 5) is 12.1. The van der Waals surface area contributed by atoms with Crippen molar-refractivity contribution in [3.63, 3.8) is 0 Å². The van der Waals surface area contributed by atoms with E-state index < -0.39 is 11.7 Å². The van der Waals surface area contributed by atoms with Crippen LogP contribution in [0.15, 0.2) is 24.5 Å². The number of hydrogen-bond acceptors (Lipinski definition) is 4. The summed E-state index contributed by atoms with van der Waals surface area (Å²) < 4.78 is 14.9. The number of nitrogens with one attached hydrogen (secondary N) is 1.